The SMILES string of the molecule is COC(=O)C(c1ccccc1Cl)N1CCN(CCC(=O)Nc2ccccc2SC)CC1. The van der Waals surface area contributed by atoms with Gasteiger partial charge in [0.25, 0.3) is 0 Å². The van der Waals surface area contributed by atoms with Crippen LogP contribution >= 0.6 is 23.4 Å². The van der Waals surface area contributed by atoms with E-state index >= 15 is 0 Å². The molecule has 0 saturated carbocycles. The van der Waals surface area contributed by atoms with Crippen molar-refractivity contribution in [3.8, 4) is 0 Å². The standard InChI is InChI=1S/C23H28ClN3O3S/c1-30-23(29)22(17-7-3-4-8-18(17)24)27-15-13-26(14-16-27)12-11-21(28)25-19-9-5-6-10-20(19)31-2/h3-10,22H,11-16H2,1-2H3,(H,25,28). The van der Waals surface area contributed by atoms with Crippen LogP contribution in [-0.2, 0) is 14.3 Å². The van der Waals surface area contributed by atoms with Crippen molar-refractivity contribution in [3.63, 3.8) is 0 Å². The van der Waals surface area contributed by atoms with Gasteiger partial charge in [0.1, 0.15) is 6.04 Å². The molecule has 6 nitrogen and oxygen atoms in total. The average Bonchev–Trinajstić information content (AvgIpc) is 2.80. The van der Waals surface area contributed by atoms with Crippen molar-refractivity contribution in [2.75, 3.05) is 51.4 Å². The Bertz CT molecular complexity index is 903. The summed E-state index contributed by atoms with van der Waals surface area (Å²) in [7, 11) is 1.40. The third kappa shape index (κ3) is 6.23. The van der Waals surface area contributed by atoms with Crippen LogP contribution < -0.4 is 5.32 Å². The molecular weight excluding hydrogens is 434 g/mol. The highest BCUT2D eigenvalue weighted by atomic mass is 35.5. The number of hydrogen-bond acceptors (Lipinski definition) is 6. The smallest absolute Gasteiger partial charge is 0.327 e. The Morgan fingerprint density at radius 3 is 2.45 bits per heavy atom. The fraction of sp³-hybridized carbons (Fsp3) is 0.391. The predicted molar refractivity (Wildman–Crippen MR) is 126 cm³/mol. The first-order chi connectivity index (χ1) is 15.0. The van der Waals surface area contributed by atoms with Gasteiger partial charge in [-0.2, -0.15) is 0 Å². The maximum absolute atomic E-state index is 12.5. The zero-order valence-corrected chi connectivity index (χ0v) is 19.4. The minimum absolute atomic E-state index is 0.00688. The van der Waals surface area contributed by atoms with Crippen molar-refractivity contribution >= 4 is 40.9 Å². The van der Waals surface area contributed by atoms with E-state index in [1.54, 1.807) is 17.8 Å². The maximum atomic E-state index is 12.5. The molecule has 1 saturated heterocycles. The largest absolute Gasteiger partial charge is 0.468 e. The second-order valence-corrected chi connectivity index (χ2v) is 8.58. The maximum Gasteiger partial charge on any atom is 0.327 e. The average molecular weight is 462 g/mol. The van der Waals surface area contributed by atoms with Gasteiger partial charge in [-0.3, -0.25) is 9.69 Å². The van der Waals surface area contributed by atoms with Crippen LogP contribution in [-0.4, -0.2) is 67.8 Å². The number of nitrogens with one attached hydrogen (secondary N) is 1. The molecule has 3 rings (SSSR count). The highest BCUT2D eigenvalue weighted by Gasteiger charge is 2.32. The number of halogens is 1. The van der Waals surface area contributed by atoms with Gasteiger partial charge in [0.15, 0.2) is 0 Å². The molecule has 2 aromatic carbocycles. The number of carbonyl (C=O) groups is 2. The van der Waals surface area contributed by atoms with Gasteiger partial charge >= 0.3 is 5.97 Å². The van der Waals surface area contributed by atoms with Crippen LogP contribution in [0.5, 0.6) is 0 Å². The Morgan fingerprint density at radius 1 is 1.10 bits per heavy atom. The molecule has 31 heavy (non-hydrogen) atoms. The summed E-state index contributed by atoms with van der Waals surface area (Å²) in [6.45, 7) is 3.61. The van der Waals surface area contributed by atoms with Crippen LogP contribution in [0.4, 0.5) is 5.69 Å². The van der Waals surface area contributed by atoms with Crippen LogP contribution in [0.25, 0.3) is 0 Å². The van der Waals surface area contributed by atoms with E-state index in [9.17, 15) is 9.59 Å². The first-order valence-corrected chi connectivity index (χ1v) is 11.8. The Labute approximate surface area is 192 Å². The third-order valence-corrected chi connectivity index (χ3v) is 6.57. The van der Waals surface area contributed by atoms with Gasteiger partial charge < -0.3 is 15.0 Å². The number of methoxy groups -OCH3 is 1. The number of anilines is 1. The summed E-state index contributed by atoms with van der Waals surface area (Å²) in [5.41, 5.74) is 1.61. The molecule has 0 spiro atoms. The molecule has 0 radical (unpaired) electrons. The lowest BCUT2D eigenvalue weighted by atomic mass is 10.0. The Balaban J connectivity index is 1.53. The molecule has 1 aliphatic heterocycles. The summed E-state index contributed by atoms with van der Waals surface area (Å²) in [5.74, 6) is -0.305. The molecule has 0 bridgehead atoms. The number of piperazine rings is 1. The second kappa shape index (κ2) is 11.5. The summed E-state index contributed by atoms with van der Waals surface area (Å²) < 4.78 is 5.05. The first kappa shape index (κ1) is 23.6. The van der Waals surface area contributed by atoms with Gasteiger partial charge in [-0.1, -0.05) is 41.9 Å². The molecule has 166 valence electrons. The molecule has 8 heteroatoms. The van der Waals surface area contributed by atoms with E-state index in [1.165, 1.54) is 7.11 Å². The lowest BCUT2D eigenvalue weighted by molar-refractivity contribution is -0.148. The van der Waals surface area contributed by atoms with Gasteiger partial charge in [0.05, 0.1) is 12.8 Å². The fourth-order valence-corrected chi connectivity index (χ4v) is 4.54. The minimum Gasteiger partial charge on any atom is -0.468 e. The van der Waals surface area contributed by atoms with Crippen molar-refractivity contribution in [1.29, 1.82) is 0 Å². The number of amides is 1. The van der Waals surface area contributed by atoms with E-state index in [-0.39, 0.29) is 11.9 Å². The van der Waals surface area contributed by atoms with Gasteiger partial charge in [-0.15, -0.1) is 11.8 Å². The van der Waals surface area contributed by atoms with Crippen molar-refractivity contribution in [3.05, 3.63) is 59.1 Å². The van der Waals surface area contributed by atoms with E-state index in [2.05, 4.69) is 15.1 Å². The van der Waals surface area contributed by atoms with Crippen LogP contribution in [0, 0.1) is 0 Å². The van der Waals surface area contributed by atoms with Crippen molar-refractivity contribution < 1.29 is 14.3 Å². The number of nitrogens with zero attached hydrogens (tertiary/aromatic N) is 2. The van der Waals surface area contributed by atoms with E-state index < -0.39 is 6.04 Å². The Morgan fingerprint density at radius 2 is 1.77 bits per heavy atom. The van der Waals surface area contributed by atoms with Crippen LogP contribution in [0.15, 0.2) is 53.4 Å². The third-order valence-electron chi connectivity index (χ3n) is 5.43. The molecule has 1 amide bonds. The lowest BCUT2D eigenvalue weighted by Crippen LogP contribution is -2.49. The molecule has 2 aromatic rings. The summed E-state index contributed by atoms with van der Waals surface area (Å²) in [4.78, 5) is 30.3. The molecule has 1 heterocycles. The Hall–Kier alpha value is -2.06. The first-order valence-electron chi connectivity index (χ1n) is 10.2. The van der Waals surface area contributed by atoms with Gasteiger partial charge in [-0.25, -0.2) is 4.79 Å². The van der Waals surface area contributed by atoms with Crippen molar-refractivity contribution in [1.82, 2.24) is 9.80 Å². The van der Waals surface area contributed by atoms with Gasteiger partial charge in [0, 0.05) is 49.1 Å². The fourth-order valence-electron chi connectivity index (χ4n) is 3.75. The predicted octanol–water partition coefficient (Wildman–Crippen LogP) is 3.92. The number of para-hydroxylation sites is 1. The van der Waals surface area contributed by atoms with E-state index in [1.807, 2.05) is 48.7 Å². The topological polar surface area (TPSA) is 61.9 Å². The quantitative estimate of drug-likeness (QED) is 0.475. The molecule has 0 aromatic heterocycles. The van der Waals surface area contributed by atoms with Crippen molar-refractivity contribution in [2.45, 2.75) is 17.4 Å². The number of hydrogen-bond donors (Lipinski definition) is 1. The van der Waals surface area contributed by atoms with E-state index in [4.69, 9.17) is 16.3 Å². The molecule has 1 fully saturated rings. The normalized spacial score (nSPS) is 16.0. The number of thioether (sulfide) groups is 1. The number of ether oxygens (including phenoxy) is 1. The zero-order valence-electron chi connectivity index (χ0n) is 17.8. The summed E-state index contributed by atoms with van der Waals surface area (Å²) in [6, 6.07) is 14.7. The molecule has 0 aliphatic carbocycles. The molecular formula is C23H28ClN3O3S. The van der Waals surface area contributed by atoms with E-state index in [0.29, 0.717) is 31.1 Å². The number of rotatable bonds is 8. The highest BCUT2D eigenvalue weighted by molar-refractivity contribution is 7.98. The van der Waals surface area contributed by atoms with Gasteiger partial charge in [0.2, 0.25) is 5.91 Å². The molecule has 1 N–H and O–H groups in total. The van der Waals surface area contributed by atoms with Crippen LogP contribution in [0.2, 0.25) is 5.02 Å². The lowest BCUT2D eigenvalue weighted by Gasteiger charge is -2.38. The minimum atomic E-state index is -0.521. The number of esters is 1. The Kier molecular flexibility index (Phi) is 8.78. The van der Waals surface area contributed by atoms with Gasteiger partial charge in [-0.05, 0) is 30.0 Å². The zero-order chi connectivity index (χ0) is 22.2. The van der Waals surface area contributed by atoms with E-state index in [0.717, 1.165) is 29.2 Å². The van der Waals surface area contributed by atoms with Crippen molar-refractivity contribution in [2.24, 2.45) is 0 Å². The summed E-state index contributed by atoms with van der Waals surface area (Å²) in [6.07, 6.45) is 2.42. The van der Waals surface area contributed by atoms with Crippen LogP contribution in [0.1, 0.15) is 18.0 Å². The number of benzene rings is 2. The summed E-state index contributed by atoms with van der Waals surface area (Å²) in [5, 5.41) is 3.56. The molecule has 1 atom stereocenters. The monoisotopic (exact) mass is 461 g/mol. The summed E-state index contributed by atoms with van der Waals surface area (Å²) >= 11 is 7.96. The molecule has 1 aliphatic rings. The molecule has 1 unspecified atom stereocenters. The van der Waals surface area contributed by atoms with Crippen LogP contribution in [0.3, 0.4) is 0 Å². The second-order valence-electron chi connectivity index (χ2n) is 7.32. The highest BCUT2D eigenvalue weighted by Crippen LogP contribution is 2.29. The number of carbonyl (C=O) groups excluding carboxylic acids is 2.